The van der Waals surface area contributed by atoms with E-state index in [1.54, 1.807) is 6.07 Å². The largest absolute Gasteiger partial charge is 0.505 e. The first-order chi connectivity index (χ1) is 6.61. The van der Waals surface area contributed by atoms with E-state index in [1.807, 2.05) is 0 Å². The van der Waals surface area contributed by atoms with Crippen LogP contribution in [0.4, 0.5) is 4.39 Å². The molecule has 0 unspecified atom stereocenters. The lowest BCUT2D eigenvalue weighted by molar-refractivity contribution is 0.264. The summed E-state index contributed by atoms with van der Waals surface area (Å²) < 4.78 is 12.9. The predicted molar refractivity (Wildman–Crippen MR) is 46.8 cm³/mol. The molecule has 0 heterocycles. The van der Waals surface area contributed by atoms with Gasteiger partial charge >= 0.3 is 0 Å². The molecule has 1 aromatic carbocycles. The Hall–Kier alpha value is -1.64. The minimum Gasteiger partial charge on any atom is -0.505 e. The van der Waals surface area contributed by atoms with Gasteiger partial charge in [-0.2, -0.15) is 5.26 Å². The lowest BCUT2D eigenvalue weighted by Crippen LogP contribution is -2.16. The van der Waals surface area contributed by atoms with E-state index in [0.29, 0.717) is 0 Å². The first-order valence-electron chi connectivity index (χ1n) is 3.89. The lowest BCUT2D eigenvalue weighted by atomic mass is 10.0. The van der Waals surface area contributed by atoms with Crippen LogP contribution in [0.2, 0.25) is 0 Å². The molecular formula is C9H9FN2O2. The van der Waals surface area contributed by atoms with Crippen molar-refractivity contribution in [2.75, 3.05) is 6.61 Å². The highest BCUT2D eigenvalue weighted by molar-refractivity contribution is 5.48. The minimum atomic E-state index is -0.958. The molecular weight excluding hydrogens is 187 g/mol. The number of hydrogen-bond donors (Lipinski definition) is 3. The van der Waals surface area contributed by atoms with Crippen LogP contribution in [0.15, 0.2) is 12.1 Å². The number of phenolic OH excluding ortho intramolecular Hbond substituents is 1. The zero-order valence-electron chi connectivity index (χ0n) is 7.24. The number of aromatic hydroxyl groups is 1. The van der Waals surface area contributed by atoms with E-state index in [0.717, 1.165) is 6.07 Å². The predicted octanol–water partition coefficient (Wildman–Crippen LogP) is 0.395. The Kier molecular flexibility index (Phi) is 3.02. The number of nitrogens with two attached hydrogens (primary N) is 1. The molecule has 1 rings (SSSR count). The first-order valence-corrected chi connectivity index (χ1v) is 3.89. The van der Waals surface area contributed by atoms with Gasteiger partial charge < -0.3 is 15.9 Å². The number of nitriles is 1. The van der Waals surface area contributed by atoms with E-state index >= 15 is 0 Å². The lowest BCUT2D eigenvalue weighted by Gasteiger charge is -2.12. The van der Waals surface area contributed by atoms with Crippen molar-refractivity contribution in [3.8, 4) is 11.8 Å². The standard InChI is InChI=1S/C9H9FN2O2/c10-6-2-1-5(3-11)8(9(6)14)7(12)4-13/h1-2,7,13-14H,4,12H2/t7-/m0/s1. The Labute approximate surface area is 80.0 Å². The summed E-state index contributed by atoms with van der Waals surface area (Å²) in [6, 6.07) is 2.98. The van der Waals surface area contributed by atoms with E-state index in [1.165, 1.54) is 6.07 Å². The normalized spacial score (nSPS) is 12.1. The molecule has 1 atom stereocenters. The summed E-state index contributed by atoms with van der Waals surface area (Å²) in [4.78, 5) is 0. The summed E-state index contributed by atoms with van der Waals surface area (Å²) in [5.74, 6) is -1.53. The maximum absolute atomic E-state index is 12.9. The zero-order valence-corrected chi connectivity index (χ0v) is 7.24. The fourth-order valence-corrected chi connectivity index (χ4v) is 1.15. The number of nitrogens with zero attached hydrogens (tertiary/aromatic N) is 1. The van der Waals surface area contributed by atoms with E-state index in [4.69, 9.17) is 16.1 Å². The fraction of sp³-hybridized carbons (Fsp3) is 0.222. The number of benzene rings is 1. The zero-order chi connectivity index (χ0) is 10.7. The molecule has 0 aliphatic heterocycles. The summed E-state index contributed by atoms with van der Waals surface area (Å²) in [5.41, 5.74) is 5.41. The Bertz CT molecular complexity index is 387. The van der Waals surface area contributed by atoms with Gasteiger partial charge in [0.2, 0.25) is 0 Å². The highest BCUT2D eigenvalue weighted by Gasteiger charge is 2.18. The molecule has 0 radical (unpaired) electrons. The molecule has 14 heavy (non-hydrogen) atoms. The van der Waals surface area contributed by atoms with Crippen LogP contribution < -0.4 is 5.73 Å². The van der Waals surface area contributed by atoms with Crippen LogP contribution in [0.1, 0.15) is 17.2 Å². The highest BCUT2D eigenvalue weighted by Crippen LogP contribution is 2.28. The van der Waals surface area contributed by atoms with Gasteiger partial charge in [0.1, 0.15) is 0 Å². The average molecular weight is 196 g/mol. The summed E-state index contributed by atoms with van der Waals surface area (Å²) in [6.07, 6.45) is 0. The molecule has 4 nitrogen and oxygen atoms in total. The topological polar surface area (TPSA) is 90.3 Å². The third-order valence-corrected chi connectivity index (χ3v) is 1.86. The van der Waals surface area contributed by atoms with Crippen LogP contribution in [0, 0.1) is 17.1 Å². The van der Waals surface area contributed by atoms with Gasteiger partial charge in [0.25, 0.3) is 0 Å². The van der Waals surface area contributed by atoms with E-state index < -0.39 is 24.2 Å². The van der Waals surface area contributed by atoms with E-state index in [9.17, 15) is 9.50 Å². The van der Waals surface area contributed by atoms with Crippen molar-refractivity contribution in [2.45, 2.75) is 6.04 Å². The Balaban J connectivity index is 3.37. The summed E-state index contributed by atoms with van der Waals surface area (Å²) in [5, 5.41) is 26.7. The summed E-state index contributed by atoms with van der Waals surface area (Å²) >= 11 is 0. The van der Waals surface area contributed by atoms with Crippen molar-refractivity contribution in [2.24, 2.45) is 5.73 Å². The molecule has 5 heteroatoms. The Morgan fingerprint density at radius 1 is 1.57 bits per heavy atom. The van der Waals surface area contributed by atoms with Crippen LogP contribution in [0.25, 0.3) is 0 Å². The van der Waals surface area contributed by atoms with Gasteiger partial charge in [-0.1, -0.05) is 0 Å². The van der Waals surface area contributed by atoms with Gasteiger partial charge in [-0.3, -0.25) is 0 Å². The quantitative estimate of drug-likeness (QED) is 0.638. The van der Waals surface area contributed by atoms with Crippen molar-refractivity contribution < 1.29 is 14.6 Å². The smallest absolute Gasteiger partial charge is 0.165 e. The van der Waals surface area contributed by atoms with Crippen LogP contribution in [-0.2, 0) is 0 Å². The van der Waals surface area contributed by atoms with Crippen LogP contribution in [-0.4, -0.2) is 16.8 Å². The van der Waals surface area contributed by atoms with Crippen molar-refractivity contribution in [3.63, 3.8) is 0 Å². The van der Waals surface area contributed by atoms with E-state index in [-0.39, 0.29) is 11.1 Å². The molecule has 0 amide bonds. The number of halogens is 1. The molecule has 0 aliphatic carbocycles. The Morgan fingerprint density at radius 3 is 2.71 bits per heavy atom. The maximum atomic E-state index is 12.9. The molecule has 0 saturated carbocycles. The average Bonchev–Trinajstić information content (AvgIpc) is 2.20. The van der Waals surface area contributed by atoms with Gasteiger partial charge in [0, 0.05) is 5.56 Å². The van der Waals surface area contributed by atoms with Crippen molar-refractivity contribution in [1.29, 1.82) is 5.26 Å². The maximum Gasteiger partial charge on any atom is 0.165 e. The van der Waals surface area contributed by atoms with Gasteiger partial charge in [0.05, 0.1) is 24.3 Å². The molecule has 0 bridgehead atoms. The summed E-state index contributed by atoms with van der Waals surface area (Å²) in [6.45, 7) is -0.467. The number of aliphatic hydroxyl groups is 1. The van der Waals surface area contributed by atoms with Gasteiger partial charge in [-0.15, -0.1) is 0 Å². The third kappa shape index (κ3) is 1.66. The van der Waals surface area contributed by atoms with Crippen LogP contribution >= 0.6 is 0 Å². The monoisotopic (exact) mass is 196 g/mol. The van der Waals surface area contributed by atoms with Crippen molar-refractivity contribution >= 4 is 0 Å². The molecule has 0 saturated heterocycles. The highest BCUT2D eigenvalue weighted by atomic mass is 19.1. The van der Waals surface area contributed by atoms with Crippen LogP contribution in [0.3, 0.4) is 0 Å². The van der Waals surface area contributed by atoms with Crippen LogP contribution in [0.5, 0.6) is 5.75 Å². The first kappa shape index (κ1) is 10.4. The van der Waals surface area contributed by atoms with Crippen molar-refractivity contribution in [3.05, 3.63) is 29.1 Å². The molecule has 0 fully saturated rings. The summed E-state index contributed by atoms with van der Waals surface area (Å²) in [7, 11) is 0. The van der Waals surface area contributed by atoms with E-state index in [2.05, 4.69) is 0 Å². The number of hydrogen-bond acceptors (Lipinski definition) is 4. The second-order valence-corrected chi connectivity index (χ2v) is 2.76. The molecule has 0 aromatic heterocycles. The fourth-order valence-electron chi connectivity index (χ4n) is 1.15. The second-order valence-electron chi connectivity index (χ2n) is 2.76. The van der Waals surface area contributed by atoms with Gasteiger partial charge in [0.15, 0.2) is 11.6 Å². The number of rotatable bonds is 2. The molecule has 74 valence electrons. The minimum absolute atomic E-state index is 0.0602. The molecule has 0 spiro atoms. The second kappa shape index (κ2) is 4.05. The molecule has 1 aromatic rings. The van der Waals surface area contributed by atoms with Gasteiger partial charge in [-0.05, 0) is 12.1 Å². The van der Waals surface area contributed by atoms with Crippen molar-refractivity contribution in [1.82, 2.24) is 0 Å². The van der Waals surface area contributed by atoms with Gasteiger partial charge in [-0.25, -0.2) is 4.39 Å². The Morgan fingerprint density at radius 2 is 2.21 bits per heavy atom. The third-order valence-electron chi connectivity index (χ3n) is 1.86. The molecule has 4 N–H and O–H groups in total. The number of aliphatic hydroxyl groups excluding tert-OH is 1. The molecule has 0 aliphatic rings. The SMILES string of the molecule is N#Cc1ccc(F)c(O)c1[C@@H](N)CO. The number of phenols is 1.